The van der Waals surface area contributed by atoms with Gasteiger partial charge < -0.3 is 14.1 Å². The third-order valence-corrected chi connectivity index (χ3v) is 6.57. The molecule has 1 fully saturated rings. The van der Waals surface area contributed by atoms with E-state index >= 15 is 0 Å². The standard InChI is InChI=1S/C23H28N4O3S/c1-17(22(28)26-13-5-3-4-6-14-26)31-23-25-24-21(18-9-11-19(29-2)12-10-18)27(23)16-20-8-7-15-30-20/h7-12,15,17H,3-6,13-14,16H2,1-2H3. The minimum absolute atomic E-state index is 0.172. The zero-order valence-corrected chi connectivity index (χ0v) is 18.8. The second-order valence-electron chi connectivity index (χ2n) is 7.70. The maximum atomic E-state index is 13.0. The Bertz CT molecular complexity index is 977. The molecule has 0 aliphatic carbocycles. The van der Waals surface area contributed by atoms with Crippen LogP contribution >= 0.6 is 11.8 Å². The Hall–Kier alpha value is -2.74. The summed E-state index contributed by atoms with van der Waals surface area (Å²) in [5.74, 6) is 2.50. The molecule has 8 heteroatoms. The van der Waals surface area contributed by atoms with Gasteiger partial charge in [-0.25, -0.2) is 0 Å². The lowest BCUT2D eigenvalue weighted by atomic mass is 10.2. The van der Waals surface area contributed by atoms with Crippen molar-refractivity contribution in [2.24, 2.45) is 0 Å². The summed E-state index contributed by atoms with van der Waals surface area (Å²) < 4.78 is 12.8. The zero-order chi connectivity index (χ0) is 21.6. The van der Waals surface area contributed by atoms with Crippen LogP contribution in [0.25, 0.3) is 11.4 Å². The van der Waals surface area contributed by atoms with Crippen molar-refractivity contribution in [1.29, 1.82) is 0 Å². The molecule has 31 heavy (non-hydrogen) atoms. The van der Waals surface area contributed by atoms with E-state index in [-0.39, 0.29) is 11.2 Å². The molecule has 1 aliphatic rings. The zero-order valence-electron chi connectivity index (χ0n) is 18.0. The quantitative estimate of drug-likeness (QED) is 0.505. The van der Waals surface area contributed by atoms with E-state index in [0.29, 0.717) is 11.7 Å². The Morgan fingerprint density at radius 1 is 1.13 bits per heavy atom. The summed E-state index contributed by atoms with van der Waals surface area (Å²) in [6, 6.07) is 11.5. The number of aromatic nitrogens is 3. The molecule has 1 atom stereocenters. The van der Waals surface area contributed by atoms with E-state index in [9.17, 15) is 4.79 Å². The molecular formula is C23H28N4O3S. The molecular weight excluding hydrogens is 412 g/mol. The highest BCUT2D eigenvalue weighted by atomic mass is 32.2. The Balaban J connectivity index is 1.58. The summed E-state index contributed by atoms with van der Waals surface area (Å²) in [6.45, 7) is 4.14. The number of carbonyl (C=O) groups is 1. The van der Waals surface area contributed by atoms with Gasteiger partial charge in [-0.15, -0.1) is 10.2 Å². The minimum atomic E-state index is -0.235. The number of thioether (sulfide) groups is 1. The van der Waals surface area contributed by atoms with Crippen LogP contribution in [0.1, 0.15) is 38.4 Å². The molecule has 0 N–H and O–H groups in total. The molecule has 0 spiro atoms. The minimum Gasteiger partial charge on any atom is -0.497 e. The highest BCUT2D eigenvalue weighted by Gasteiger charge is 2.25. The van der Waals surface area contributed by atoms with Crippen LogP contribution in [0.2, 0.25) is 0 Å². The first-order valence-corrected chi connectivity index (χ1v) is 11.6. The summed E-state index contributed by atoms with van der Waals surface area (Å²) >= 11 is 1.46. The third-order valence-electron chi connectivity index (χ3n) is 5.51. The number of furan rings is 1. The van der Waals surface area contributed by atoms with Crippen molar-refractivity contribution in [2.75, 3.05) is 20.2 Å². The maximum absolute atomic E-state index is 13.0. The molecule has 3 aromatic rings. The summed E-state index contributed by atoms with van der Waals surface area (Å²) in [5.41, 5.74) is 0.929. The van der Waals surface area contributed by atoms with E-state index in [1.54, 1.807) is 13.4 Å². The van der Waals surface area contributed by atoms with Crippen LogP contribution < -0.4 is 4.74 Å². The second kappa shape index (κ2) is 10.0. The molecule has 2 aromatic heterocycles. The summed E-state index contributed by atoms with van der Waals surface area (Å²) in [5, 5.41) is 9.35. The average molecular weight is 441 g/mol. The fourth-order valence-corrected chi connectivity index (χ4v) is 4.72. The number of nitrogens with zero attached hydrogens (tertiary/aromatic N) is 4. The van der Waals surface area contributed by atoms with Gasteiger partial charge in [0.15, 0.2) is 11.0 Å². The fraction of sp³-hybridized carbons (Fsp3) is 0.435. The molecule has 1 aliphatic heterocycles. The first-order valence-electron chi connectivity index (χ1n) is 10.7. The summed E-state index contributed by atoms with van der Waals surface area (Å²) in [6.07, 6.45) is 6.23. The van der Waals surface area contributed by atoms with Crippen LogP contribution in [0.4, 0.5) is 0 Å². The highest BCUT2D eigenvalue weighted by Crippen LogP contribution is 2.30. The molecule has 4 rings (SSSR count). The molecule has 1 saturated heterocycles. The van der Waals surface area contributed by atoms with Gasteiger partial charge in [-0.1, -0.05) is 24.6 Å². The Labute approximate surface area is 186 Å². The Morgan fingerprint density at radius 2 is 1.87 bits per heavy atom. The van der Waals surface area contributed by atoms with Crippen LogP contribution in [-0.4, -0.2) is 51.0 Å². The number of hydrogen-bond donors (Lipinski definition) is 0. The van der Waals surface area contributed by atoms with Gasteiger partial charge in [0, 0.05) is 18.7 Å². The SMILES string of the molecule is COc1ccc(-c2nnc(SC(C)C(=O)N3CCCCCC3)n2Cc2ccco2)cc1. The van der Waals surface area contributed by atoms with Gasteiger partial charge >= 0.3 is 0 Å². The molecule has 0 bridgehead atoms. The van der Waals surface area contributed by atoms with Crippen LogP contribution in [0.15, 0.2) is 52.2 Å². The molecule has 0 saturated carbocycles. The van der Waals surface area contributed by atoms with Gasteiger partial charge in [0.25, 0.3) is 0 Å². The maximum Gasteiger partial charge on any atom is 0.235 e. The summed E-state index contributed by atoms with van der Waals surface area (Å²) in [4.78, 5) is 15.0. The number of methoxy groups -OCH3 is 1. The van der Waals surface area contributed by atoms with E-state index in [2.05, 4.69) is 10.2 Å². The molecule has 164 valence electrons. The lowest BCUT2D eigenvalue weighted by molar-refractivity contribution is -0.130. The van der Waals surface area contributed by atoms with E-state index in [1.165, 1.54) is 24.6 Å². The number of ether oxygens (including phenoxy) is 1. The molecule has 7 nitrogen and oxygen atoms in total. The second-order valence-corrected chi connectivity index (χ2v) is 9.01. The van der Waals surface area contributed by atoms with Crippen molar-refractivity contribution < 1.29 is 13.9 Å². The van der Waals surface area contributed by atoms with Crippen molar-refractivity contribution in [3.05, 3.63) is 48.4 Å². The van der Waals surface area contributed by atoms with E-state index in [0.717, 1.165) is 48.8 Å². The van der Waals surface area contributed by atoms with Crippen molar-refractivity contribution in [1.82, 2.24) is 19.7 Å². The normalized spacial score (nSPS) is 15.5. The monoisotopic (exact) mass is 440 g/mol. The van der Waals surface area contributed by atoms with Crippen molar-refractivity contribution >= 4 is 17.7 Å². The molecule has 1 unspecified atom stereocenters. The highest BCUT2D eigenvalue weighted by molar-refractivity contribution is 8.00. The molecule has 1 aromatic carbocycles. The number of rotatable bonds is 7. The van der Waals surface area contributed by atoms with Crippen molar-refractivity contribution in [3.8, 4) is 17.1 Å². The van der Waals surface area contributed by atoms with Gasteiger partial charge in [-0.2, -0.15) is 0 Å². The van der Waals surface area contributed by atoms with Gasteiger partial charge in [0.05, 0.1) is 25.2 Å². The van der Waals surface area contributed by atoms with Crippen molar-refractivity contribution in [3.63, 3.8) is 0 Å². The lowest BCUT2D eigenvalue weighted by Gasteiger charge is -2.23. The lowest BCUT2D eigenvalue weighted by Crippen LogP contribution is -2.37. The Kier molecular flexibility index (Phi) is 6.96. The number of carbonyl (C=O) groups excluding carboxylic acids is 1. The third kappa shape index (κ3) is 5.12. The largest absolute Gasteiger partial charge is 0.497 e. The number of amides is 1. The smallest absolute Gasteiger partial charge is 0.235 e. The topological polar surface area (TPSA) is 73.4 Å². The number of hydrogen-bond acceptors (Lipinski definition) is 6. The first-order chi connectivity index (χ1) is 15.2. The van der Waals surface area contributed by atoms with Crippen LogP contribution in [0.3, 0.4) is 0 Å². The van der Waals surface area contributed by atoms with Gasteiger partial charge in [-0.3, -0.25) is 9.36 Å². The van der Waals surface area contributed by atoms with E-state index in [1.807, 2.05) is 52.8 Å². The van der Waals surface area contributed by atoms with Crippen molar-refractivity contribution in [2.45, 2.75) is 49.6 Å². The Morgan fingerprint density at radius 3 is 2.52 bits per heavy atom. The van der Waals surface area contributed by atoms with Gasteiger partial charge in [0.1, 0.15) is 11.5 Å². The fourth-order valence-electron chi connectivity index (χ4n) is 3.79. The number of likely N-dealkylation sites (tertiary alicyclic amines) is 1. The van der Waals surface area contributed by atoms with E-state index < -0.39 is 0 Å². The van der Waals surface area contributed by atoms with Gasteiger partial charge in [0.2, 0.25) is 5.91 Å². The first kappa shape index (κ1) is 21.5. The van der Waals surface area contributed by atoms with Crippen LogP contribution in [0, 0.1) is 0 Å². The molecule has 3 heterocycles. The average Bonchev–Trinajstić information content (AvgIpc) is 3.36. The van der Waals surface area contributed by atoms with E-state index in [4.69, 9.17) is 9.15 Å². The number of benzene rings is 1. The summed E-state index contributed by atoms with van der Waals surface area (Å²) in [7, 11) is 1.64. The predicted molar refractivity (Wildman–Crippen MR) is 120 cm³/mol. The molecule has 0 radical (unpaired) electrons. The molecule has 1 amide bonds. The van der Waals surface area contributed by atoms with Crippen LogP contribution in [-0.2, 0) is 11.3 Å². The van der Waals surface area contributed by atoms with Crippen LogP contribution in [0.5, 0.6) is 5.75 Å². The van der Waals surface area contributed by atoms with Gasteiger partial charge in [-0.05, 0) is 56.2 Å². The predicted octanol–water partition coefficient (Wildman–Crippen LogP) is 4.48.